The Balaban J connectivity index is 1.30. The largest absolute Gasteiger partial charge is 0.353 e. The third-order valence-corrected chi connectivity index (χ3v) is 7.33. The van der Waals surface area contributed by atoms with Crippen molar-refractivity contribution in [3.05, 3.63) is 64.8 Å². The van der Waals surface area contributed by atoms with Crippen LogP contribution in [-0.4, -0.2) is 46.0 Å². The van der Waals surface area contributed by atoms with Crippen molar-refractivity contribution >= 4 is 34.4 Å². The van der Waals surface area contributed by atoms with E-state index >= 15 is 0 Å². The molecule has 0 saturated carbocycles. The third-order valence-electron chi connectivity index (χ3n) is 7.12. The fourth-order valence-electron chi connectivity index (χ4n) is 5.28. The summed E-state index contributed by atoms with van der Waals surface area (Å²) in [6.45, 7) is 6.35. The maximum Gasteiger partial charge on any atom is 0.262 e. The van der Waals surface area contributed by atoms with Gasteiger partial charge in [-0.15, -0.1) is 0 Å². The molecule has 3 unspecified atom stereocenters. The lowest BCUT2D eigenvalue weighted by Crippen LogP contribution is -2.44. The summed E-state index contributed by atoms with van der Waals surface area (Å²) in [6.07, 6.45) is 5.43. The van der Waals surface area contributed by atoms with E-state index in [1.807, 2.05) is 42.5 Å². The van der Waals surface area contributed by atoms with Gasteiger partial charge < -0.3 is 4.74 Å². The third kappa shape index (κ3) is 4.54. The number of anilines is 1. The molecule has 1 aromatic carbocycles. The minimum Gasteiger partial charge on any atom is -0.353 e. The molecule has 1 saturated heterocycles. The monoisotopic (exact) mass is 478 g/mol. The molecule has 2 aliphatic heterocycles. The van der Waals surface area contributed by atoms with Crippen molar-refractivity contribution in [2.45, 2.75) is 64.3 Å². The summed E-state index contributed by atoms with van der Waals surface area (Å²) in [5.74, 6) is 0.412. The number of hydrogen-bond acceptors (Lipinski definition) is 5. The molecule has 2 aromatic heterocycles. The summed E-state index contributed by atoms with van der Waals surface area (Å²) in [4.78, 5) is 26.6. The van der Waals surface area contributed by atoms with Crippen molar-refractivity contribution in [2.75, 3.05) is 18.1 Å². The van der Waals surface area contributed by atoms with Gasteiger partial charge in [0, 0.05) is 35.2 Å². The second kappa shape index (κ2) is 9.98. The van der Waals surface area contributed by atoms with E-state index < -0.39 is 6.23 Å². The van der Waals surface area contributed by atoms with Gasteiger partial charge in [-0.2, -0.15) is 0 Å². The van der Waals surface area contributed by atoms with Gasteiger partial charge >= 0.3 is 0 Å². The number of carbonyl (C=O) groups is 1. The van der Waals surface area contributed by atoms with E-state index in [-0.39, 0.29) is 5.91 Å². The molecule has 0 N–H and O–H groups in total. The van der Waals surface area contributed by atoms with Crippen molar-refractivity contribution in [1.82, 2.24) is 14.9 Å². The molecule has 3 atom stereocenters. The molecule has 1 fully saturated rings. The number of amides is 1. The lowest BCUT2D eigenvalue weighted by atomic mass is 9.97. The van der Waals surface area contributed by atoms with Gasteiger partial charge in [-0.05, 0) is 76.4 Å². The van der Waals surface area contributed by atoms with Crippen LogP contribution in [0.4, 0.5) is 5.82 Å². The van der Waals surface area contributed by atoms with Crippen LogP contribution >= 0.6 is 11.6 Å². The Morgan fingerprint density at radius 3 is 2.59 bits per heavy atom. The van der Waals surface area contributed by atoms with E-state index in [1.165, 1.54) is 19.3 Å². The molecule has 1 amide bonds. The average Bonchev–Trinajstić information content (AvgIpc) is 3.11. The van der Waals surface area contributed by atoms with Crippen molar-refractivity contribution < 1.29 is 9.53 Å². The smallest absolute Gasteiger partial charge is 0.262 e. The number of aromatic nitrogens is 2. The van der Waals surface area contributed by atoms with Gasteiger partial charge in [0.25, 0.3) is 5.91 Å². The quantitative estimate of drug-likeness (QED) is 0.308. The summed E-state index contributed by atoms with van der Waals surface area (Å²) >= 11 is 6.07. The molecule has 6 nitrogen and oxygen atoms in total. The van der Waals surface area contributed by atoms with Crippen LogP contribution in [-0.2, 0) is 4.74 Å². The summed E-state index contributed by atoms with van der Waals surface area (Å²) in [5, 5.41) is 1.24. The van der Waals surface area contributed by atoms with Crippen molar-refractivity contribution in [1.29, 1.82) is 0 Å². The topological polar surface area (TPSA) is 58.6 Å². The molecule has 4 heterocycles. The first kappa shape index (κ1) is 23.2. The van der Waals surface area contributed by atoms with Gasteiger partial charge in [0.15, 0.2) is 11.9 Å². The van der Waals surface area contributed by atoms with Crippen molar-refractivity contribution in [3.63, 3.8) is 0 Å². The minimum atomic E-state index is -0.499. The lowest BCUT2D eigenvalue weighted by molar-refractivity contribution is 0.0448. The summed E-state index contributed by atoms with van der Waals surface area (Å²) in [5.41, 5.74) is 2.05. The summed E-state index contributed by atoms with van der Waals surface area (Å²) in [6, 6.07) is 16.3. The highest BCUT2D eigenvalue weighted by Gasteiger charge is 2.39. The van der Waals surface area contributed by atoms with Gasteiger partial charge in [-0.25, -0.2) is 9.97 Å². The molecule has 0 radical (unpaired) electrons. The van der Waals surface area contributed by atoms with E-state index in [0.29, 0.717) is 40.9 Å². The van der Waals surface area contributed by atoms with Gasteiger partial charge in [-0.3, -0.25) is 14.6 Å². The molecule has 3 aromatic rings. The standard InChI is InChI=1S/C27H31ClN4O2/c1-18-8-7-9-19(2)31(18)16-5-6-17-34-27-22-11-4-3-10-21(22)26(33)32(27)24-15-13-20-12-14-23(28)29-25(20)30-24/h3-4,10-15,18-19,27H,5-9,16-17H2,1-2H3. The van der Waals surface area contributed by atoms with Crippen LogP contribution in [0.5, 0.6) is 0 Å². The molecular weight excluding hydrogens is 448 g/mol. The lowest BCUT2D eigenvalue weighted by Gasteiger charge is -2.39. The first-order chi connectivity index (χ1) is 16.5. The maximum atomic E-state index is 13.3. The number of pyridine rings is 2. The Labute approximate surface area is 205 Å². The predicted octanol–water partition coefficient (Wildman–Crippen LogP) is 6.00. The summed E-state index contributed by atoms with van der Waals surface area (Å²) in [7, 11) is 0. The molecule has 5 rings (SSSR count). The number of benzene rings is 1. The molecule has 0 bridgehead atoms. The van der Waals surface area contributed by atoms with Gasteiger partial charge in [0.05, 0.1) is 0 Å². The molecule has 0 spiro atoms. The van der Waals surface area contributed by atoms with Crippen LogP contribution in [0, 0.1) is 0 Å². The maximum absolute atomic E-state index is 13.3. The Kier molecular flexibility index (Phi) is 6.82. The zero-order valence-corrected chi connectivity index (χ0v) is 20.5. The SMILES string of the molecule is CC1CCCC(C)N1CCCCOC1c2ccccc2C(=O)N1c1ccc2ccc(Cl)nc2n1. The first-order valence-electron chi connectivity index (χ1n) is 12.3. The second-order valence-electron chi connectivity index (χ2n) is 9.41. The van der Waals surface area contributed by atoms with E-state index in [1.54, 1.807) is 11.0 Å². The van der Waals surface area contributed by atoms with E-state index in [9.17, 15) is 4.79 Å². The Morgan fingerprint density at radius 1 is 1.00 bits per heavy atom. The zero-order valence-electron chi connectivity index (χ0n) is 19.8. The number of unbranched alkanes of at least 4 members (excludes halogenated alkanes) is 1. The van der Waals surface area contributed by atoms with Crippen LogP contribution < -0.4 is 4.90 Å². The zero-order chi connectivity index (χ0) is 23.7. The minimum absolute atomic E-state index is 0.106. The fourth-order valence-corrected chi connectivity index (χ4v) is 5.42. The Bertz CT molecular complexity index is 1180. The number of rotatable bonds is 7. The molecular formula is C27H31ClN4O2. The summed E-state index contributed by atoms with van der Waals surface area (Å²) < 4.78 is 6.35. The number of fused-ring (bicyclic) bond motifs is 2. The van der Waals surface area contributed by atoms with Crippen molar-refractivity contribution in [3.8, 4) is 0 Å². The molecule has 7 heteroatoms. The number of piperidine rings is 1. The molecule has 2 aliphatic rings. The van der Waals surface area contributed by atoms with Gasteiger partial charge in [0.1, 0.15) is 11.0 Å². The normalized spacial score (nSPS) is 23.0. The number of nitrogens with zero attached hydrogens (tertiary/aromatic N) is 4. The number of hydrogen-bond donors (Lipinski definition) is 0. The van der Waals surface area contributed by atoms with E-state index in [4.69, 9.17) is 16.3 Å². The van der Waals surface area contributed by atoms with E-state index in [0.717, 1.165) is 30.3 Å². The van der Waals surface area contributed by atoms with Gasteiger partial charge in [-0.1, -0.05) is 36.2 Å². The van der Waals surface area contributed by atoms with Crippen LogP contribution in [0.25, 0.3) is 11.0 Å². The van der Waals surface area contributed by atoms with Crippen LogP contribution in [0.2, 0.25) is 5.15 Å². The average molecular weight is 479 g/mol. The van der Waals surface area contributed by atoms with Crippen LogP contribution in [0.1, 0.15) is 68.1 Å². The van der Waals surface area contributed by atoms with Gasteiger partial charge in [0.2, 0.25) is 0 Å². The molecule has 0 aliphatic carbocycles. The van der Waals surface area contributed by atoms with Crippen LogP contribution in [0.15, 0.2) is 48.5 Å². The molecule has 178 valence electrons. The number of halogens is 1. The Morgan fingerprint density at radius 2 is 1.76 bits per heavy atom. The fraction of sp³-hybridized carbons (Fsp3) is 0.444. The highest BCUT2D eigenvalue weighted by molar-refractivity contribution is 6.29. The predicted molar refractivity (Wildman–Crippen MR) is 135 cm³/mol. The number of ether oxygens (including phenoxy) is 1. The second-order valence-corrected chi connectivity index (χ2v) is 9.80. The highest BCUT2D eigenvalue weighted by Crippen LogP contribution is 2.38. The number of carbonyl (C=O) groups excluding carboxylic acids is 1. The van der Waals surface area contributed by atoms with E-state index in [2.05, 4.69) is 28.7 Å². The highest BCUT2D eigenvalue weighted by atomic mass is 35.5. The van der Waals surface area contributed by atoms with Crippen LogP contribution in [0.3, 0.4) is 0 Å². The molecule has 34 heavy (non-hydrogen) atoms. The van der Waals surface area contributed by atoms with Crippen molar-refractivity contribution in [2.24, 2.45) is 0 Å². The Hall–Kier alpha value is -2.54. The number of likely N-dealkylation sites (tertiary alicyclic amines) is 1. The first-order valence-corrected chi connectivity index (χ1v) is 12.6.